The molecule has 7 nitrogen and oxygen atoms in total. The highest BCUT2D eigenvalue weighted by molar-refractivity contribution is 7.91. The van der Waals surface area contributed by atoms with Crippen molar-refractivity contribution in [2.24, 2.45) is 5.14 Å². The number of carboxylic acids is 1. The number of carboxylic acid groups (broad SMARTS) is 1. The van der Waals surface area contributed by atoms with Gasteiger partial charge in [-0.2, -0.15) is 0 Å². The van der Waals surface area contributed by atoms with Crippen LogP contribution in [0.25, 0.3) is 0 Å². The summed E-state index contributed by atoms with van der Waals surface area (Å²) in [5.41, 5.74) is -1.16. The Morgan fingerprint density at radius 1 is 1.29 bits per heavy atom. The van der Waals surface area contributed by atoms with Crippen molar-refractivity contribution in [2.75, 3.05) is 0 Å². The van der Waals surface area contributed by atoms with Crippen LogP contribution in [0.4, 0.5) is 0 Å². The van der Waals surface area contributed by atoms with Crippen LogP contribution in [0.1, 0.15) is 42.5 Å². The van der Waals surface area contributed by atoms with Crippen molar-refractivity contribution in [3.05, 3.63) is 17.0 Å². The summed E-state index contributed by atoms with van der Waals surface area (Å²) in [5.74, 6) is -1.65. The van der Waals surface area contributed by atoms with Crippen LogP contribution in [0.2, 0.25) is 0 Å². The number of primary sulfonamides is 1. The maximum atomic E-state index is 12.2. The summed E-state index contributed by atoms with van der Waals surface area (Å²) >= 11 is 0.833. The summed E-state index contributed by atoms with van der Waals surface area (Å²) in [4.78, 5) is 23.6. The Morgan fingerprint density at radius 2 is 1.90 bits per heavy atom. The summed E-state index contributed by atoms with van der Waals surface area (Å²) in [7, 11) is -3.86. The number of sulfonamides is 1. The fourth-order valence-corrected chi connectivity index (χ4v) is 4.01. The summed E-state index contributed by atoms with van der Waals surface area (Å²) in [6, 6.07) is 1.16. The largest absolute Gasteiger partial charge is 0.480 e. The molecule has 1 aromatic heterocycles. The molecule has 1 aliphatic rings. The van der Waals surface area contributed by atoms with E-state index in [9.17, 15) is 23.1 Å². The molecule has 1 amide bonds. The van der Waals surface area contributed by atoms with Crippen molar-refractivity contribution in [1.29, 1.82) is 0 Å². The second kappa shape index (κ2) is 5.74. The number of nitrogens with one attached hydrogen (secondary N) is 1. The molecule has 0 atom stereocenters. The first-order chi connectivity index (χ1) is 9.74. The van der Waals surface area contributed by atoms with Gasteiger partial charge < -0.3 is 10.4 Å². The van der Waals surface area contributed by atoms with Gasteiger partial charge in [0.15, 0.2) is 0 Å². The minimum atomic E-state index is -3.86. The third-order valence-electron chi connectivity index (χ3n) is 3.59. The molecule has 0 spiro atoms. The Kier molecular flexibility index (Phi) is 4.35. The number of amides is 1. The van der Waals surface area contributed by atoms with E-state index in [1.807, 2.05) is 0 Å². The zero-order valence-corrected chi connectivity index (χ0v) is 12.8. The average molecular weight is 332 g/mol. The first kappa shape index (κ1) is 15.9. The zero-order valence-electron chi connectivity index (χ0n) is 11.2. The Hall–Kier alpha value is -1.45. The molecule has 1 aliphatic carbocycles. The molecule has 1 fully saturated rings. The maximum absolute atomic E-state index is 12.2. The number of hydrogen-bond acceptors (Lipinski definition) is 5. The van der Waals surface area contributed by atoms with Gasteiger partial charge in [-0.3, -0.25) is 4.79 Å². The normalized spacial score (nSPS) is 18.1. The molecule has 4 N–H and O–H groups in total. The van der Waals surface area contributed by atoms with Crippen LogP contribution in [0, 0.1) is 0 Å². The lowest BCUT2D eigenvalue weighted by molar-refractivity contribution is -0.145. The van der Waals surface area contributed by atoms with Crippen LogP contribution >= 0.6 is 11.3 Å². The van der Waals surface area contributed by atoms with Gasteiger partial charge >= 0.3 is 5.97 Å². The Balaban J connectivity index is 2.20. The van der Waals surface area contributed by atoms with E-state index in [0.717, 1.165) is 36.7 Å². The first-order valence-electron chi connectivity index (χ1n) is 6.42. The van der Waals surface area contributed by atoms with Crippen LogP contribution in [0.15, 0.2) is 15.7 Å². The molecule has 0 bridgehead atoms. The Morgan fingerprint density at radius 3 is 2.38 bits per heavy atom. The fourth-order valence-electron chi connectivity index (χ4n) is 2.42. The average Bonchev–Trinajstić information content (AvgIpc) is 2.89. The molecule has 0 aliphatic heterocycles. The van der Waals surface area contributed by atoms with Crippen LogP contribution < -0.4 is 10.5 Å². The standard InChI is InChI=1S/C12H16N2O5S2/c13-21(18,19)9-6-8(7-20-9)10(15)14-12(11(16)17)4-2-1-3-5-12/h6-7H,1-5H2,(H,14,15)(H,16,17)(H2,13,18,19). The second-order valence-corrected chi connectivity index (χ2v) is 7.80. The van der Waals surface area contributed by atoms with Crippen molar-refractivity contribution in [1.82, 2.24) is 5.32 Å². The molecule has 21 heavy (non-hydrogen) atoms. The molecule has 9 heteroatoms. The van der Waals surface area contributed by atoms with Gasteiger partial charge in [0, 0.05) is 5.38 Å². The molecule has 2 rings (SSSR count). The lowest BCUT2D eigenvalue weighted by Crippen LogP contribution is -2.55. The van der Waals surface area contributed by atoms with Gasteiger partial charge in [0.25, 0.3) is 5.91 Å². The summed E-state index contributed by atoms with van der Waals surface area (Å²) < 4.78 is 22.3. The van der Waals surface area contributed by atoms with Crippen molar-refractivity contribution < 1.29 is 23.1 Å². The minimum absolute atomic E-state index is 0.107. The van der Waals surface area contributed by atoms with Crippen molar-refractivity contribution in [3.63, 3.8) is 0 Å². The molecule has 1 saturated carbocycles. The molecule has 0 saturated heterocycles. The third-order valence-corrected chi connectivity index (χ3v) is 5.97. The van der Waals surface area contributed by atoms with E-state index in [1.165, 1.54) is 5.38 Å². The molecule has 1 heterocycles. The van der Waals surface area contributed by atoms with E-state index in [2.05, 4.69) is 5.32 Å². The third kappa shape index (κ3) is 3.42. The molecular weight excluding hydrogens is 316 g/mol. The minimum Gasteiger partial charge on any atom is -0.480 e. The lowest BCUT2D eigenvalue weighted by Gasteiger charge is -2.33. The number of nitrogens with two attached hydrogens (primary N) is 1. The molecule has 1 aromatic rings. The second-order valence-electron chi connectivity index (χ2n) is 5.10. The number of rotatable bonds is 4. The molecule has 116 valence electrons. The SMILES string of the molecule is NS(=O)(=O)c1cc(C(=O)NC2(C(=O)O)CCCCC2)cs1. The Bertz CT molecular complexity index is 659. The summed E-state index contributed by atoms with van der Waals surface area (Å²) in [5, 5.41) is 18.3. The van der Waals surface area contributed by atoms with Crippen LogP contribution in [-0.2, 0) is 14.8 Å². The zero-order chi connectivity index (χ0) is 15.7. The Labute approximate surface area is 126 Å². The van der Waals surface area contributed by atoms with Crippen LogP contribution in [0.3, 0.4) is 0 Å². The van der Waals surface area contributed by atoms with E-state index < -0.39 is 27.4 Å². The fraction of sp³-hybridized carbons (Fsp3) is 0.500. The lowest BCUT2D eigenvalue weighted by atomic mass is 9.81. The topological polar surface area (TPSA) is 127 Å². The van der Waals surface area contributed by atoms with E-state index in [1.54, 1.807) is 0 Å². The van der Waals surface area contributed by atoms with E-state index >= 15 is 0 Å². The van der Waals surface area contributed by atoms with Crippen molar-refractivity contribution in [2.45, 2.75) is 41.9 Å². The van der Waals surface area contributed by atoms with Gasteiger partial charge in [0.05, 0.1) is 5.56 Å². The predicted octanol–water partition coefficient (Wildman–Crippen LogP) is 0.913. The molecule has 0 aromatic carbocycles. The van der Waals surface area contributed by atoms with Gasteiger partial charge in [-0.25, -0.2) is 18.4 Å². The molecule has 0 unspecified atom stereocenters. The summed E-state index contributed by atoms with van der Waals surface area (Å²) in [6.07, 6.45) is 3.16. The van der Waals surface area contributed by atoms with Gasteiger partial charge in [-0.05, 0) is 18.9 Å². The van der Waals surface area contributed by atoms with E-state index in [4.69, 9.17) is 5.14 Å². The van der Waals surface area contributed by atoms with Crippen molar-refractivity contribution in [3.8, 4) is 0 Å². The first-order valence-corrected chi connectivity index (χ1v) is 8.84. The van der Waals surface area contributed by atoms with Crippen molar-refractivity contribution >= 4 is 33.2 Å². The number of thiophene rings is 1. The van der Waals surface area contributed by atoms with Gasteiger partial charge in [0.2, 0.25) is 10.0 Å². The highest BCUT2D eigenvalue weighted by atomic mass is 32.2. The highest BCUT2D eigenvalue weighted by Crippen LogP contribution is 2.29. The van der Waals surface area contributed by atoms with Crippen LogP contribution in [0.5, 0.6) is 0 Å². The quantitative estimate of drug-likeness (QED) is 0.755. The van der Waals surface area contributed by atoms with Gasteiger partial charge in [-0.15, -0.1) is 11.3 Å². The highest BCUT2D eigenvalue weighted by Gasteiger charge is 2.41. The van der Waals surface area contributed by atoms with E-state index in [0.29, 0.717) is 12.8 Å². The number of carbonyl (C=O) groups is 2. The van der Waals surface area contributed by atoms with Gasteiger partial charge in [0.1, 0.15) is 9.75 Å². The van der Waals surface area contributed by atoms with Gasteiger partial charge in [-0.1, -0.05) is 19.3 Å². The molecular formula is C12H16N2O5S2. The smallest absolute Gasteiger partial charge is 0.329 e. The maximum Gasteiger partial charge on any atom is 0.329 e. The molecule has 0 radical (unpaired) electrons. The number of hydrogen-bond donors (Lipinski definition) is 3. The van der Waals surface area contributed by atoms with Crippen LogP contribution in [-0.4, -0.2) is 30.9 Å². The monoisotopic (exact) mass is 332 g/mol. The van der Waals surface area contributed by atoms with E-state index in [-0.39, 0.29) is 9.77 Å². The summed E-state index contributed by atoms with van der Waals surface area (Å²) in [6.45, 7) is 0. The number of carbonyl (C=O) groups excluding carboxylic acids is 1. The number of aliphatic carboxylic acids is 1. The predicted molar refractivity (Wildman–Crippen MR) is 76.6 cm³/mol.